The third kappa shape index (κ3) is 8.84. The minimum atomic E-state index is -2.55. The van der Waals surface area contributed by atoms with E-state index in [4.69, 9.17) is 10.2 Å². The van der Waals surface area contributed by atoms with Crippen LogP contribution in [-0.2, 0) is 20.1 Å². The van der Waals surface area contributed by atoms with Crippen LogP contribution in [0, 0.1) is 0 Å². The maximum Gasteiger partial charge on any atom is 0.317 e. The summed E-state index contributed by atoms with van der Waals surface area (Å²) in [7, 11) is -2.55. The number of carboxylic acids is 2. The molecule has 9 heteroatoms. The Morgan fingerprint density at radius 3 is 1.93 bits per heavy atom. The first-order valence-corrected chi connectivity index (χ1v) is 4.88. The van der Waals surface area contributed by atoms with E-state index in [0.29, 0.717) is 0 Å². The second-order valence-electron chi connectivity index (χ2n) is 2.57. The molecular weight excluding hydrogens is 228 g/mol. The molecule has 0 rings (SSSR count). The van der Waals surface area contributed by atoms with Crippen LogP contribution in [0.25, 0.3) is 0 Å². The Morgan fingerprint density at radius 2 is 1.60 bits per heavy atom. The molecule has 0 aromatic carbocycles. The van der Waals surface area contributed by atoms with E-state index in [1.54, 1.807) is 0 Å². The smallest absolute Gasteiger partial charge is 0.317 e. The van der Waals surface area contributed by atoms with E-state index < -0.39 is 35.5 Å². The highest BCUT2D eigenvalue weighted by molar-refractivity contribution is 7.61. The molecule has 0 aromatic heterocycles. The lowest BCUT2D eigenvalue weighted by Crippen LogP contribution is -2.36. The Balaban J connectivity index is 4.17. The molecule has 86 valence electrons. The molecule has 0 fully saturated rings. The van der Waals surface area contributed by atoms with Crippen LogP contribution in [0.5, 0.6) is 0 Å². The summed E-state index contributed by atoms with van der Waals surface area (Å²) in [6.45, 7) is -1.12. The van der Waals surface area contributed by atoms with E-state index in [1.165, 1.54) is 0 Å². The first-order chi connectivity index (χ1) is 6.91. The van der Waals surface area contributed by atoms with E-state index >= 15 is 0 Å². The van der Waals surface area contributed by atoms with E-state index in [1.807, 2.05) is 0 Å². The van der Waals surface area contributed by atoms with Crippen molar-refractivity contribution in [2.45, 2.75) is 0 Å². The second kappa shape index (κ2) is 6.90. The quantitative estimate of drug-likeness (QED) is 0.554. The van der Waals surface area contributed by atoms with E-state index in [9.17, 15) is 18.0 Å². The van der Waals surface area contributed by atoms with Crippen LogP contribution < -0.4 is 0 Å². The van der Waals surface area contributed by atoms with E-state index in [2.05, 4.69) is 4.36 Å². The molecule has 0 saturated heterocycles. The zero-order valence-corrected chi connectivity index (χ0v) is 8.48. The van der Waals surface area contributed by atoms with Crippen molar-refractivity contribution in [1.29, 1.82) is 0 Å². The average Bonchev–Trinajstić information content (AvgIpc) is 2.00. The van der Waals surface area contributed by atoms with Gasteiger partial charge in [0.2, 0.25) is 0 Å². The molecule has 0 bridgehead atoms. The minimum absolute atomic E-state index is 0.0351. The van der Waals surface area contributed by atoms with Crippen molar-refractivity contribution in [3.63, 3.8) is 0 Å². The molecule has 0 aliphatic carbocycles. The van der Waals surface area contributed by atoms with Crippen molar-refractivity contribution in [3.05, 3.63) is 0 Å². The Bertz CT molecular complexity index is 338. The zero-order chi connectivity index (χ0) is 11.8. The first kappa shape index (κ1) is 13.5. The highest BCUT2D eigenvalue weighted by Gasteiger charge is 2.12. The predicted molar refractivity (Wildman–Crippen MR) is 47.9 cm³/mol. The van der Waals surface area contributed by atoms with Crippen molar-refractivity contribution in [1.82, 2.24) is 4.90 Å². The van der Waals surface area contributed by atoms with Crippen LogP contribution in [0.4, 0.5) is 0 Å². The second-order valence-corrected chi connectivity index (χ2v) is 3.26. The molecule has 0 atom stereocenters. The Labute approximate surface area is 86.8 Å². The molecule has 0 spiro atoms. The molecule has 0 aliphatic heterocycles. The number of carboxylic acid groups (broad SMARTS) is 2. The highest BCUT2D eigenvalue weighted by atomic mass is 32.2. The van der Waals surface area contributed by atoms with Crippen LogP contribution in [0.1, 0.15) is 0 Å². The van der Waals surface area contributed by atoms with Gasteiger partial charge in [-0.3, -0.25) is 14.5 Å². The Hall–Kier alpha value is -1.48. The Morgan fingerprint density at radius 1 is 1.13 bits per heavy atom. The minimum Gasteiger partial charge on any atom is -0.480 e. The van der Waals surface area contributed by atoms with Gasteiger partial charge in [-0.2, -0.15) is 12.8 Å². The zero-order valence-electron chi connectivity index (χ0n) is 7.66. The maximum atomic E-state index is 10.3. The van der Waals surface area contributed by atoms with Crippen LogP contribution in [0.3, 0.4) is 0 Å². The average molecular weight is 238 g/mol. The van der Waals surface area contributed by atoms with Crippen LogP contribution >= 0.6 is 0 Å². The molecule has 15 heavy (non-hydrogen) atoms. The fourth-order valence-electron chi connectivity index (χ4n) is 0.853. The molecule has 2 N–H and O–H groups in total. The standard InChI is InChI=1S/C6H10N2O6S/c9-5(10)3-8(4-6(11)12)2-1-7-15(13)14/h1-4H2,(H,9,10)(H,11,12). The maximum absolute atomic E-state index is 10.3. The SMILES string of the molecule is O=C(O)CN(CCN=S(=O)=O)CC(=O)O. The summed E-state index contributed by atoms with van der Waals surface area (Å²) in [6, 6.07) is 0. The molecule has 0 saturated carbocycles. The number of nitrogens with zero attached hydrogens (tertiary/aromatic N) is 2. The molecule has 8 nitrogen and oxygen atoms in total. The van der Waals surface area contributed by atoms with Crippen molar-refractivity contribution in [3.8, 4) is 0 Å². The van der Waals surface area contributed by atoms with Gasteiger partial charge < -0.3 is 10.2 Å². The molecular formula is C6H10N2O6S. The van der Waals surface area contributed by atoms with Crippen molar-refractivity contribution in [2.75, 3.05) is 26.2 Å². The Kier molecular flexibility index (Phi) is 6.22. The summed E-state index contributed by atoms with van der Waals surface area (Å²) in [5.41, 5.74) is 0. The molecule has 0 heterocycles. The van der Waals surface area contributed by atoms with Gasteiger partial charge in [0.15, 0.2) is 0 Å². The van der Waals surface area contributed by atoms with Gasteiger partial charge >= 0.3 is 22.4 Å². The number of rotatable bonds is 7. The van der Waals surface area contributed by atoms with Crippen molar-refractivity contribution < 1.29 is 28.2 Å². The fraction of sp³-hybridized carbons (Fsp3) is 0.667. The molecule has 0 unspecified atom stereocenters. The number of hydrogen-bond acceptors (Lipinski definition) is 6. The van der Waals surface area contributed by atoms with Crippen LogP contribution in [0.15, 0.2) is 4.36 Å². The van der Waals surface area contributed by atoms with Gasteiger partial charge in [0.25, 0.3) is 0 Å². The van der Waals surface area contributed by atoms with Gasteiger partial charge in [0.1, 0.15) is 0 Å². The van der Waals surface area contributed by atoms with Crippen LogP contribution in [0.2, 0.25) is 0 Å². The third-order valence-corrected chi connectivity index (χ3v) is 1.72. The number of carbonyl (C=O) groups is 2. The van der Waals surface area contributed by atoms with Crippen LogP contribution in [-0.4, -0.2) is 61.6 Å². The van der Waals surface area contributed by atoms with Gasteiger partial charge in [-0.25, -0.2) is 0 Å². The van der Waals surface area contributed by atoms with Gasteiger partial charge in [0.05, 0.1) is 19.6 Å². The fourth-order valence-corrected chi connectivity index (χ4v) is 1.08. The molecule has 0 aliphatic rings. The predicted octanol–water partition coefficient (Wildman–Crippen LogP) is -1.48. The summed E-state index contributed by atoms with van der Waals surface area (Å²) in [5, 5.41) is 16.8. The van der Waals surface area contributed by atoms with Gasteiger partial charge in [0, 0.05) is 6.54 Å². The van der Waals surface area contributed by atoms with Crippen molar-refractivity contribution in [2.24, 2.45) is 4.36 Å². The van der Waals surface area contributed by atoms with Gasteiger partial charge in [-0.15, -0.1) is 0 Å². The molecule has 0 aromatic rings. The monoisotopic (exact) mass is 238 g/mol. The summed E-state index contributed by atoms with van der Waals surface area (Å²) in [4.78, 5) is 21.7. The number of hydrogen-bond donors (Lipinski definition) is 2. The summed E-state index contributed by atoms with van der Waals surface area (Å²) >= 11 is 0. The molecule has 0 amide bonds. The topological polar surface area (TPSA) is 124 Å². The third-order valence-electron chi connectivity index (χ3n) is 1.33. The lowest BCUT2D eigenvalue weighted by atomic mass is 10.4. The lowest BCUT2D eigenvalue weighted by molar-refractivity contribution is -0.141. The van der Waals surface area contributed by atoms with Gasteiger partial charge in [-0.1, -0.05) is 0 Å². The summed E-state index contributed by atoms with van der Waals surface area (Å²) in [5.74, 6) is -2.36. The normalized spacial score (nSPS) is 9.93. The summed E-state index contributed by atoms with van der Waals surface area (Å²) in [6.07, 6.45) is 0. The highest BCUT2D eigenvalue weighted by Crippen LogP contribution is 1.88. The van der Waals surface area contributed by atoms with E-state index in [-0.39, 0.29) is 13.1 Å². The van der Waals surface area contributed by atoms with Gasteiger partial charge in [-0.05, 0) is 0 Å². The lowest BCUT2D eigenvalue weighted by Gasteiger charge is -2.15. The summed E-state index contributed by atoms with van der Waals surface area (Å²) < 4.78 is 23.1. The van der Waals surface area contributed by atoms with Crippen molar-refractivity contribution >= 4 is 22.4 Å². The first-order valence-electron chi connectivity index (χ1n) is 3.84. The van der Waals surface area contributed by atoms with E-state index in [0.717, 1.165) is 4.90 Å². The molecule has 0 radical (unpaired) electrons. The largest absolute Gasteiger partial charge is 0.480 e. The number of aliphatic carboxylic acids is 2.